The zero-order valence-electron chi connectivity index (χ0n) is 12.1. The topological polar surface area (TPSA) is 49.5 Å². The van der Waals surface area contributed by atoms with Crippen molar-refractivity contribution in [2.24, 2.45) is 11.7 Å². The first-order chi connectivity index (χ1) is 9.63. The lowest BCUT2D eigenvalue weighted by Crippen LogP contribution is -2.45. The molecule has 0 aromatic heterocycles. The number of aliphatic hydroxyl groups is 1. The van der Waals surface area contributed by atoms with Gasteiger partial charge in [0.1, 0.15) is 5.82 Å². The van der Waals surface area contributed by atoms with Crippen LogP contribution in [-0.4, -0.2) is 35.7 Å². The van der Waals surface area contributed by atoms with E-state index in [0.717, 1.165) is 32.4 Å². The second kappa shape index (κ2) is 7.16. The molecule has 3 N–H and O–H groups in total. The molecule has 0 aliphatic carbocycles. The first-order valence-electron chi connectivity index (χ1n) is 7.48. The number of hydrogen-bond donors (Lipinski definition) is 2. The van der Waals surface area contributed by atoms with Gasteiger partial charge < -0.3 is 10.8 Å². The van der Waals surface area contributed by atoms with E-state index in [1.54, 1.807) is 6.07 Å². The van der Waals surface area contributed by atoms with E-state index in [9.17, 15) is 4.39 Å². The number of piperidine rings is 1. The Hall–Kier alpha value is -0.970. The molecular formula is C16H25FN2O. The summed E-state index contributed by atoms with van der Waals surface area (Å²) in [4.78, 5) is 2.28. The zero-order chi connectivity index (χ0) is 14.5. The standard InChI is InChI=1S/C16H25FN2O/c1-12(18)16(14-6-2-3-7-15(14)17)19-9-4-5-13(11-19)8-10-20/h2-3,6-7,12-13,16,20H,4-5,8-11,18H2,1H3. The van der Waals surface area contributed by atoms with Crippen molar-refractivity contribution in [3.63, 3.8) is 0 Å². The first-order valence-corrected chi connectivity index (χ1v) is 7.48. The van der Waals surface area contributed by atoms with Crippen molar-refractivity contribution >= 4 is 0 Å². The summed E-state index contributed by atoms with van der Waals surface area (Å²) in [6.45, 7) is 4.00. The van der Waals surface area contributed by atoms with Gasteiger partial charge in [-0.25, -0.2) is 4.39 Å². The maximum absolute atomic E-state index is 14.1. The van der Waals surface area contributed by atoms with E-state index < -0.39 is 0 Å². The minimum absolute atomic E-state index is 0.0855. The maximum atomic E-state index is 14.1. The van der Waals surface area contributed by atoms with Gasteiger partial charge in [0.15, 0.2) is 0 Å². The van der Waals surface area contributed by atoms with E-state index in [1.807, 2.05) is 19.1 Å². The highest BCUT2D eigenvalue weighted by molar-refractivity contribution is 5.23. The van der Waals surface area contributed by atoms with Crippen LogP contribution < -0.4 is 5.73 Å². The third-order valence-electron chi connectivity index (χ3n) is 4.20. The predicted octanol–water partition coefficient (Wildman–Crippen LogP) is 2.31. The number of rotatable bonds is 5. The average Bonchev–Trinajstić information content (AvgIpc) is 2.42. The van der Waals surface area contributed by atoms with Gasteiger partial charge in [-0.1, -0.05) is 18.2 Å². The molecule has 0 spiro atoms. The Morgan fingerprint density at radius 1 is 1.45 bits per heavy atom. The van der Waals surface area contributed by atoms with Crippen molar-refractivity contribution in [2.75, 3.05) is 19.7 Å². The number of aliphatic hydroxyl groups excluding tert-OH is 1. The summed E-state index contributed by atoms with van der Waals surface area (Å²) in [5, 5.41) is 9.11. The summed E-state index contributed by atoms with van der Waals surface area (Å²) in [7, 11) is 0. The second-order valence-electron chi connectivity index (χ2n) is 5.84. The van der Waals surface area contributed by atoms with Gasteiger partial charge in [0, 0.05) is 24.8 Å². The van der Waals surface area contributed by atoms with Gasteiger partial charge in [-0.3, -0.25) is 4.90 Å². The monoisotopic (exact) mass is 280 g/mol. The molecule has 0 amide bonds. The van der Waals surface area contributed by atoms with Crippen LogP contribution in [0.3, 0.4) is 0 Å². The van der Waals surface area contributed by atoms with E-state index in [2.05, 4.69) is 4.90 Å². The molecule has 0 saturated carbocycles. The fourth-order valence-corrected chi connectivity index (χ4v) is 3.30. The molecule has 3 atom stereocenters. The number of halogens is 1. The van der Waals surface area contributed by atoms with E-state index in [1.165, 1.54) is 6.07 Å². The van der Waals surface area contributed by atoms with Crippen LogP contribution >= 0.6 is 0 Å². The molecule has 1 aromatic carbocycles. The van der Waals surface area contributed by atoms with Crippen LogP contribution in [0.4, 0.5) is 4.39 Å². The van der Waals surface area contributed by atoms with Crippen LogP contribution in [0.1, 0.15) is 37.8 Å². The van der Waals surface area contributed by atoms with E-state index >= 15 is 0 Å². The molecule has 3 nitrogen and oxygen atoms in total. The van der Waals surface area contributed by atoms with Gasteiger partial charge in [0.2, 0.25) is 0 Å². The summed E-state index contributed by atoms with van der Waals surface area (Å²) in [5.41, 5.74) is 6.82. The Kier molecular flexibility index (Phi) is 5.52. The third-order valence-corrected chi connectivity index (χ3v) is 4.20. The highest BCUT2D eigenvalue weighted by Gasteiger charge is 2.30. The van der Waals surface area contributed by atoms with Gasteiger partial charge in [-0.15, -0.1) is 0 Å². The van der Waals surface area contributed by atoms with Crippen molar-refractivity contribution in [1.82, 2.24) is 4.90 Å². The van der Waals surface area contributed by atoms with E-state index in [4.69, 9.17) is 10.8 Å². The SMILES string of the molecule is CC(N)C(c1ccccc1F)N1CCCC(CCO)C1. The van der Waals surface area contributed by atoms with Crippen LogP contribution in [-0.2, 0) is 0 Å². The fourth-order valence-electron chi connectivity index (χ4n) is 3.30. The normalized spacial score (nSPS) is 23.5. The molecule has 3 unspecified atom stereocenters. The maximum Gasteiger partial charge on any atom is 0.128 e. The lowest BCUT2D eigenvalue weighted by Gasteiger charge is -2.40. The molecule has 1 fully saturated rings. The molecule has 20 heavy (non-hydrogen) atoms. The first kappa shape index (κ1) is 15.4. The quantitative estimate of drug-likeness (QED) is 0.870. The van der Waals surface area contributed by atoms with Gasteiger partial charge in [0.25, 0.3) is 0 Å². The van der Waals surface area contributed by atoms with Crippen molar-refractivity contribution in [3.05, 3.63) is 35.6 Å². The number of hydrogen-bond acceptors (Lipinski definition) is 3. The largest absolute Gasteiger partial charge is 0.396 e. The number of nitrogens with zero attached hydrogens (tertiary/aromatic N) is 1. The van der Waals surface area contributed by atoms with Gasteiger partial charge in [0.05, 0.1) is 6.04 Å². The molecule has 1 heterocycles. The van der Waals surface area contributed by atoms with Crippen LogP contribution in [0.5, 0.6) is 0 Å². The molecular weight excluding hydrogens is 255 g/mol. The molecule has 0 bridgehead atoms. The average molecular weight is 280 g/mol. The number of benzene rings is 1. The second-order valence-corrected chi connectivity index (χ2v) is 5.84. The molecule has 0 radical (unpaired) electrons. The van der Waals surface area contributed by atoms with Crippen molar-refractivity contribution in [1.29, 1.82) is 0 Å². The Bertz CT molecular complexity index is 423. The Balaban J connectivity index is 2.18. The van der Waals surface area contributed by atoms with E-state index in [0.29, 0.717) is 11.5 Å². The smallest absolute Gasteiger partial charge is 0.128 e. The molecule has 1 saturated heterocycles. The molecule has 1 aromatic rings. The molecule has 4 heteroatoms. The Labute approximate surface area is 120 Å². The summed E-state index contributed by atoms with van der Waals surface area (Å²) >= 11 is 0. The number of likely N-dealkylation sites (tertiary alicyclic amines) is 1. The zero-order valence-corrected chi connectivity index (χ0v) is 12.1. The predicted molar refractivity (Wildman–Crippen MR) is 78.8 cm³/mol. The highest BCUT2D eigenvalue weighted by Crippen LogP contribution is 2.31. The summed E-state index contributed by atoms with van der Waals surface area (Å²) < 4.78 is 14.1. The van der Waals surface area contributed by atoms with Crippen molar-refractivity contribution in [2.45, 2.75) is 38.3 Å². The Morgan fingerprint density at radius 3 is 2.85 bits per heavy atom. The van der Waals surface area contributed by atoms with Crippen LogP contribution in [0.15, 0.2) is 24.3 Å². The van der Waals surface area contributed by atoms with Gasteiger partial charge in [-0.2, -0.15) is 0 Å². The molecule has 2 rings (SSSR count). The minimum atomic E-state index is -0.181. The summed E-state index contributed by atoms with van der Waals surface area (Å²) in [6.07, 6.45) is 3.04. The summed E-state index contributed by atoms with van der Waals surface area (Å²) in [6, 6.07) is 6.70. The number of nitrogens with two attached hydrogens (primary N) is 1. The lowest BCUT2D eigenvalue weighted by molar-refractivity contribution is 0.0949. The van der Waals surface area contributed by atoms with Crippen LogP contribution in [0.2, 0.25) is 0 Å². The Morgan fingerprint density at radius 2 is 2.20 bits per heavy atom. The highest BCUT2D eigenvalue weighted by atomic mass is 19.1. The molecule has 1 aliphatic rings. The summed E-state index contributed by atoms with van der Waals surface area (Å²) in [5.74, 6) is 0.306. The van der Waals surface area contributed by atoms with Crippen molar-refractivity contribution < 1.29 is 9.50 Å². The van der Waals surface area contributed by atoms with Gasteiger partial charge >= 0.3 is 0 Å². The molecule has 1 aliphatic heterocycles. The van der Waals surface area contributed by atoms with Crippen molar-refractivity contribution in [3.8, 4) is 0 Å². The molecule has 112 valence electrons. The lowest BCUT2D eigenvalue weighted by atomic mass is 9.90. The fraction of sp³-hybridized carbons (Fsp3) is 0.625. The van der Waals surface area contributed by atoms with Crippen LogP contribution in [0.25, 0.3) is 0 Å². The van der Waals surface area contributed by atoms with E-state index in [-0.39, 0.29) is 24.5 Å². The van der Waals surface area contributed by atoms with Gasteiger partial charge in [-0.05, 0) is 44.7 Å². The minimum Gasteiger partial charge on any atom is -0.396 e. The third kappa shape index (κ3) is 3.57. The van der Waals surface area contributed by atoms with Crippen LogP contribution in [0, 0.1) is 11.7 Å².